The average molecular weight is 236 g/mol. The highest BCUT2D eigenvalue weighted by atomic mass is 16.3. The zero-order chi connectivity index (χ0) is 12.8. The van der Waals surface area contributed by atoms with E-state index in [-0.39, 0.29) is 5.92 Å². The molecule has 1 rings (SSSR count). The molecule has 0 fully saturated rings. The summed E-state index contributed by atoms with van der Waals surface area (Å²) in [5, 5.41) is 12.4. The van der Waals surface area contributed by atoms with Crippen molar-refractivity contribution in [2.24, 2.45) is 11.7 Å². The maximum atomic E-state index is 11.6. The summed E-state index contributed by atoms with van der Waals surface area (Å²) in [6.07, 6.45) is -1.15. The molecule has 0 aliphatic heterocycles. The lowest BCUT2D eigenvalue weighted by Crippen LogP contribution is -2.48. The number of benzene rings is 1. The number of aliphatic hydroxyl groups excluding tert-OH is 1. The van der Waals surface area contributed by atoms with Gasteiger partial charge in [-0.05, 0) is 11.5 Å². The second-order valence-corrected chi connectivity index (χ2v) is 4.47. The van der Waals surface area contributed by atoms with E-state index < -0.39 is 18.1 Å². The van der Waals surface area contributed by atoms with E-state index in [0.29, 0.717) is 6.54 Å². The molecule has 2 atom stereocenters. The molecule has 1 aromatic rings. The summed E-state index contributed by atoms with van der Waals surface area (Å²) < 4.78 is 0. The molecule has 4 heteroatoms. The molecule has 0 spiro atoms. The van der Waals surface area contributed by atoms with Crippen molar-refractivity contribution in [1.29, 1.82) is 0 Å². The van der Waals surface area contributed by atoms with E-state index >= 15 is 0 Å². The van der Waals surface area contributed by atoms with Gasteiger partial charge in [0.05, 0.1) is 0 Å². The molecule has 94 valence electrons. The predicted molar refractivity (Wildman–Crippen MR) is 67.1 cm³/mol. The van der Waals surface area contributed by atoms with Crippen LogP contribution in [0.25, 0.3) is 0 Å². The lowest BCUT2D eigenvalue weighted by Gasteiger charge is -2.21. The third-order valence-electron chi connectivity index (χ3n) is 2.71. The summed E-state index contributed by atoms with van der Waals surface area (Å²) in [7, 11) is 0. The van der Waals surface area contributed by atoms with Gasteiger partial charge < -0.3 is 16.2 Å². The zero-order valence-electron chi connectivity index (χ0n) is 10.3. The van der Waals surface area contributed by atoms with Crippen LogP contribution in [0.5, 0.6) is 0 Å². The van der Waals surface area contributed by atoms with Crippen LogP contribution in [0.15, 0.2) is 30.3 Å². The summed E-state index contributed by atoms with van der Waals surface area (Å²) >= 11 is 0. The van der Waals surface area contributed by atoms with Crippen LogP contribution in [0.2, 0.25) is 0 Å². The lowest BCUT2D eigenvalue weighted by atomic mass is 9.99. The van der Waals surface area contributed by atoms with Crippen molar-refractivity contribution < 1.29 is 9.90 Å². The first-order valence-electron chi connectivity index (χ1n) is 5.77. The number of amides is 1. The highest BCUT2D eigenvalue weighted by molar-refractivity contribution is 5.81. The van der Waals surface area contributed by atoms with Crippen LogP contribution in [-0.2, 0) is 11.3 Å². The van der Waals surface area contributed by atoms with Crippen LogP contribution in [-0.4, -0.2) is 23.2 Å². The fourth-order valence-electron chi connectivity index (χ4n) is 1.43. The van der Waals surface area contributed by atoms with Crippen molar-refractivity contribution in [2.75, 3.05) is 0 Å². The molecule has 17 heavy (non-hydrogen) atoms. The highest BCUT2D eigenvalue weighted by Gasteiger charge is 2.24. The van der Waals surface area contributed by atoms with Gasteiger partial charge >= 0.3 is 0 Å². The van der Waals surface area contributed by atoms with Crippen molar-refractivity contribution in [3.05, 3.63) is 35.9 Å². The molecule has 0 aliphatic carbocycles. The first-order chi connectivity index (χ1) is 8.02. The SMILES string of the molecule is CC(C)C(N)C(O)C(=O)NCc1ccccc1. The van der Waals surface area contributed by atoms with Crippen LogP contribution in [0.1, 0.15) is 19.4 Å². The number of carbonyl (C=O) groups excluding carboxylic acids is 1. The molecule has 0 radical (unpaired) electrons. The second kappa shape index (κ2) is 6.37. The number of nitrogens with two attached hydrogens (primary N) is 1. The van der Waals surface area contributed by atoms with E-state index in [1.165, 1.54) is 0 Å². The maximum Gasteiger partial charge on any atom is 0.250 e. The van der Waals surface area contributed by atoms with Gasteiger partial charge in [-0.15, -0.1) is 0 Å². The van der Waals surface area contributed by atoms with Gasteiger partial charge in [-0.25, -0.2) is 0 Å². The molecule has 1 amide bonds. The van der Waals surface area contributed by atoms with E-state index in [9.17, 15) is 9.90 Å². The van der Waals surface area contributed by atoms with E-state index in [1.54, 1.807) is 0 Å². The first kappa shape index (κ1) is 13.7. The normalized spacial score (nSPS) is 14.4. The molecule has 0 heterocycles. The topological polar surface area (TPSA) is 75.3 Å². The van der Waals surface area contributed by atoms with E-state index in [4.69, 9.17) is 5.73 Å². The maximum absolute atomic E-state index is 11.6. The summed E-state index contributed by atoms with van der Waals surface area (Å²) in [6.45, 7) is 4.15. The number of hydrogen-bond acceptors (Lipinski definition) is 3. The fraction of sp³-hybridized carbons (Fsp3) is 0.462. The van der Waals surface area contributed by atoms with Gasteiger partial charge in [0.15, 0.2) is 0 Å². The molecule has 2 unspecified atom stereocenters. The van der Waals surface area contributed by atoms with Crippen molar-refractivity contribution >= 4 is 5.91 Å². The molecule has 0 saturated heterocycles. The number of nitrogens with one attached hydrogen (secondary N) is 1. The lowest BCUT2D eigenvalue weighted by molar-refractivity contribution is -0.131. The van der Waals surface area contributed by atoms with E-state index in [1.807, 2.05) is 44.2 Å². The summed E-state index contributed by atoms with van der Waals surface area (Å²) in [4.78, 5) is 11.6. The Morgan fingerprint density at radius 2 is 1.94 bits per heavy atom. The van der Waals surface area contributed by atoms with Crippen molar-refractivity contribution in [1.82, 2.24) is 5.32 Å². The molecular formula is C13H20N2O2. The van der Waals surface area contributed by atoms with Crippen molar-refractivity contribution in [3.8, 4) is 0 Å². The van der Waals surface area contributed by atoms with Gasteiger partial charge in [0.2, 0.25) is 0 Å². The van der Waals surface area contributed by atoms with Crippen LogP contribution in [0.3, 0.4) is 0 Å². The Kier molecular flexibility index (Phi) is 5.12. The van der Waals surface area contributed by atoms with E-state index in [0.717, 1.165) is 5.56 Å². The Hall–Kier alpha value is -1.39. The quantitative estimate of drug-likeness (QED) is 0.702. The first-order valence-corrected chi connectivity index (χ1v) is 5.77. The molecule has 1 aromatic carbocycles. The summed E-state index contributed by atoms with van der Waals surface area (Å²) in [6, 6.07) is 9.00. The Labute approximate surface area is 102 Å². The Balaban J connectivity index is 2.45. The number of rotatable bonds is 5. The van der Waals surface area contributed by atoms with Crippen LogP contribution < -0.4 is 11.1 Å². The van der Waals surface area contributed by atoms with Crippen LogP contribution in [0.4, 0.5) is 0 Å². The number of carbonyl (C=O) groups is 1. The predicted octanol–water partition coefficient (Wildman–Crippen LogP) is 0.647. The van der Waals surface area contributed by atoms with Gasteiger partial charge in [-0.1, -0.05) is 44.2 Å². The van der Waals surface area contributed by atoms with Gasteiger partial charge in [-0.2, -0.15) is 0 Å². The van der Waals surface area contributed by atoms with E-state index in [2.05, 4.69) is 5.32 Å². The molecule has 0 aliphatic rings. The standard InChI is InChI=1S/C13H20N2O2/c1-9(2)11(14)12(16)13(17)15-8-10-6-4-3-5-7-10/h3-7,9,11-12,16H,8,14H2,1-2H3,(H,15,17). The Bertz CT molecular complexity index is 352. The Morgan fingerprint density at radius 3 is 2.47 bits per heavy atom. The minimum Gasteiger partial charge on any atom is -0.382 e. The second-order valence-electron chi connectivity index (χ2n) is 4.47. The van der Waals surface area contributed by atoms with Gasteiger partial charge in [0.1, 0.15) is 6.10 Å². The van der Waals surface area contributed by atoms with Gasteiger partial charge in [0, 0.05) is 12.6 Å². The molecule has 0 saturated carbocycles. The minimum atomic E-state index is -1.15. The summed E-state index contributed by atoms with van der Waals surface area (Å²) in [5.74, 6) is -0.359. The smallest absolute Gasteiger partial charge is 0.250 e. The van der Waals surface area contributed by atoms with Gasteiger partial charge in [0.25, 0.3) is 5.91 Å². The highest BCUT2D eigenvalue weighted by Crippen LogP contribution is 2.04. The largest absolute Gasteiger partial charge is 0.382 e. The average Bonchev–Trinajstić information content (AvgIpc) is 2.35. The Morgan fingerprint density at radius 1 is 1.35 bits per heavy atom. The molecular weight excluding hydrogens is 216 g/mol. The molecule has 0 bridgehead atoms. The molecule has 4 nitrogen and oxygen atoms in total. The third-order valence-corrected chi connectivity index (χ3v) is 2.71. The molecule has 4 N–H and O–H groups in total. The van der Waals surface area contributed by atoms with Crippen molar-refractivity contribution in [3.63, 3.8) is 0 Å². The van der Waals surface area contributed by atoms with Crippen LogP contribution >= 0.6 is 0 Å². The zero-order valence-corrected chi connectivity index (χ0v) is 10.3. The third kappa shape index (κ3) is 4.17. The van der Waals surface area contributed by atoms with Gasteiger partial charge in [-0.3, -0.25) is 4.79 Å². The van der Waals surface area contributed by atoms with Crippen LogP contribution in [0, 0.1) is 5.92 Å². The van der Waals surface area contributed by atoms with Crippen molar-refractivity contribution in [2.45, 2.75) is 32.5 Å². The number of aliphatic hydroxyl groups is 1. The molecule has 0 aromatic heterocycles. The monoisotopic (exact) mass is 236 g/mol. The number of hydrogen-bond donors (Lipinski definition) is 3. The fourth-order valence-corrected chi connectivity index (χ4v) is 1.43. The summed E-state index contributed by atoms with van der Waals surface area (Å²) in [5.41, 5.74) is 6.71. The minimum absolute atomic E-state index is 0.0625.